The van der Waals surface area contributed by atoms with E-state index in [-0.39, 0.29) is 0 Å². The average molecular weight is 308 g/mol. The molecule has 0 amide bonds. The highest BCUT2D eigenvalue weighted by molar-refractivity contribution is 5.89. The van der Waals surface area contributed by atoms with Crippen molar-refractivity contribution in [1.82, 2.24) is 19.7 Å². The van der Waals surface area contributed by atoms with E-state index >= 15 is 0 Å². The Balaban J connectivity index is 2.06. The zero-order valence-corrected chi connectivity index (χ0v) is 13.4. The minimum atomic E-state index is 0.558. The van der Waals surface area contributed by atoms with Gasteiger partial charge in [-0.05, 0) is 31.5 Å². The third-order valence-corrected chi connectivity index (χ3v) is 3.48. The van der Waals surface area contributed by atoms with Crippen molar-refractivity contribution >= 4 is 28.5 Å². The van der Waals surface area contributed by atoms with Gasteiger partial charge in [-0.1, -0.05) is 18.2 Å². The molecule has 2 aromatic heterocycles. The van der Waals surface area contributed by atoms with Gasteiger partial charge in [0.2, 0.25) is 5.95 Å². The summed E-state index contributed by atoms with van der Waals surface area (Å²) >= 11 is 0. The van der Waals surface area contributed by atoms with Crippen LogP contribution < -0.4 is 10.6 Å². The molecule has 0 bridgehead atoms. The van der Waals surface area contributed by atoms with Crippen molar-refractivity contribution in [3.63, 3.8) is 0 Å². The van der Waals surface area contributed by atoms with Crippen molar-refractivity contribution in [2.75, 3.05) is 17.2 Å². The van der Waals surface area contributed by atoms with Gasteiger partial charge in [0.05, 0.1) is 11.6 Å². The van der Waals surface area contributed by atoms with Crippen molar-refractivity contribution in [2.24, 2.45) is 0 Å². The Morgan fingerprint density at radius 1 is 1.30 bits per heavy atom. The summed E-state index contributed by atoms with van der Waals surface area (Å²) in [7, 11) is 0. The minimum Gasteiger partial charge on any atom is -0.351 e. The van der Waals surface area contributed by atoms with Crippen molar-refractivity contribution < 1.29 is 0 Å². The molecule has 0 spiro atoms. The topological polar surface area (TPSA) is 67.7 Å². The molecule has 0 saturated carbocycles. The van der Waals surface area contributed by atoms with Gasteiger partial charge in [0.1, 0.15) is 5.82 Å². The first kappa shape index (κ1) is 15.0. The Morgan fingerprint density at radius 2 is 2.17 bits per heavy atom. The van der Waals surface area contributed by atoms with Crippen LogP contribution in [0.2, 0.25) is 0 Å². The molecule has 23 heavy (non-hydrogen) atoms. The first-order valence-electron chi connectivity index (χ1n) is 7.63. The summed E-state index contributed by atoms with van der Waals surface area (Å²) in [4.78, 5) is 9.13. The molecule has 6 nitrogen and oxygen atoms in total. The number of hydrogen-bond donors (Lipinski definition) is 2. The second kappa shape index (κ2) is 6.48. The van der Waals surface area contributed by atoms with Gasteiger partial charge in [-0.25, -0.2) is 4.68 Å². The number of hydrogen-bond acceptors (Lipinski definition) is 5. The molecular formula is C17H20N6. The van der Waals surface area contributed by atoms with Crippen LogP contribution in [-0.2, 0) is 6.54 Å². The molecule has 0 aliphatic rings. The van der Waals surface area contributed by atoms with Gasteiger partial charge in [0.15, 0.2) is 5.65 Å². The highest BCUT2D eigenvalue weighted by atomic mass is 15.3. The van der Waals surface area contributed by atoms with Crippen LogP contribution in [0.5, 0.6) is 0 Å². The summed E-state index contributed by atoms with van der Waals surface area (Å²) in [6.07, 6.45) is 3.58. The normalized spacial score (nSPS) is 10.7. The lowest BCUT2D eigenvalue weighted by atomic mass is 10.2. The highest BCUT2D eigenvalue weighted by Crippen LogP contribution is 2.25. The Bertz CT molecular complexity index is 836. The lowest BCUT2D eigenvalue weighted by Crippen LogP contribution is -2.07. The first-order chi connectivity index (χ1) is 11.2. The molecule has 2 heterocycles. The van der Waals surface area contributed by atoms with Gasteiger partial charge < -0.3 is 10.6 Å². The fourth-order valence-corrected chi connectivity index (χ4v) is 2.38. The van der Waals surface area contributed by atoms with E-state index in [1.165, 1.54) is 5.56 Å². The Hall–Kier alpha value is -2.89. The third kappa shape index (κ3) is 3.15. The summed E-state index contributed by atoms with van der Waals surface area (Å²) < 4.78 is 1.86. The fraction of sp³-hybridized carbons (Fsp3) is 0.235. The third-order valence-electron chi connectivity index (χ3n) is 3.48. The molecule has 3 aromatic rings. The van der Waals surface area contributed by atoms with Crippen LogP contribution in [0, 0.1) is 6.92 Å². The van der Waals surface area contributed by atoms with Crippen LogP contribution in [0.3, 0.4) is 0 Å². The number of aromatic nitrogens is 4. The van der Waals surface area contributed by atoms with E-state index in [1.807, 2.05) is 23.7 Å². The zero-order chi connectivity index (χ0) is 16.2. The van der Waals surface area contributed by atoms with Gasteiger partial charge >= 0.3 is 0 Å². The summed E-state index contributed by atoms with van der Waals surface area (Å²) in [6, 6.07) is 8.17. The van der Waals surface area contributed by atoms with E-state index in [4.69, 9.17) is 0 Å². The summed E-state index contributed by atoms with van der Waals surface area (Å²) in [6.45, 7) is 9.18. The average Bonchev–Trinajstić information content (AvgIpc) is 2.96. The van der Waals surface area contributed by atoms with Crippen LogP contribution in [0.1, 0.15) is 12.5 Å². The smallest absolute Gasteiger partial charge is 0.226 e. The van der Waals surface area contributed by atoms with E-state index in [0.29, 0.717) is 12.5 Å². The number of aryl methyl sites for hydroxylation is 2. The maximum atomic E-state index is 4.58. The predicted molar refractivity (Wildman–Crippen MR) is 94.1 cm³/mol. The lowest BCUT2D eigenvalue weighted by Gasteiger charge is -2.10. The SMILES string of the molecule is C=CCNc1nc(Nc2cccc(C)c2)c2cnn(CC)c2n1. The van der Waals surface area contributed by atoms with Gasteiger partial charge in [-0.15, -0.1) is 6.58 Å². The number of rotatable bonds is 6. The molecule has 0 fully saturated rings. The van der Waals surface area contributed by atoms with E-state index in [1.54, 1.807) is 12.3 Å². The second-order valence-electron chi connectivity index (χ2n) is 5.26. The summed E-state index contributed by atoms with van der Waals surface area (Å²) in [5.41, 5.74) is 2.99. The molecular weight excluding hydrogens is 288 g/mol. The molecule has 0 radical (unpaired) electrons. The second-order valence-corrected chi connectivity index (χ2v) is 5.26. The first-order valence-corrected chi connectivity index (χ1v) is 7.63. The van der Waals surface area contributed by atoms with Crippen LogP contribution in [-0.4, -0.2) is 26.3 Å². The van der Waals surface area contributed by atoms with Crippen LogP contribution >= 0.6 is 0 Å². The van der Waals surface area contributed by atoms with Crippen molar-refractivity contribution in [1.29, 1.82) is 0 Å². The molecule has 0 atom stereocenters. The van der Waals surface area contributed by atoms with Crippen molar-refractivity contribution in [3.05, 3.63) is 48.7 Å². The van der Waals surface area contributed by atoms with Gasteiger partial charge in [0.25, 0.3) is 0 Å². The van der Waals surface area contributed by atoms with Crippen LogP contribution in [0.4, 0.5) is 17.5 Å². The number of nitrogens with one attached hydrogen (secondary N) is 2. The zero-order valence-electron chi connectivity index (χ0n) is 13.4. The largest absolute Gasteiger partial charge is 0.351 e. The molecule has 6 heteroatoms. The molecule has 0 aliphatic carbocycles. The Kier molecular flexibility index (Phi) is 4.23. The van der Waals surface area contributed by atoms with E-state index < -0.39 is 0 Å². The van der Waals surface area contributed by atoms with Gasteiger partial charge in [-0.2, -0.15) is 15.1 Å². The maximum absolute atomic E-state index is 4.58. The highest BCUT2D eigenvalue weighted by Gasteiger charge is 2.12. The van der Waals surface area contributed by atoms with Crippen LogP contribution in [0.15, 0.2) is 43.1 Å². The number of fused-ring (bicyclic) bond motifs is 1. The molecule has 0 unspecified atom stereocenters. The fourth-order valence-electron chi connectivity index (χ4n) is 2.38. The Morgan fingerprint density at radius 3 is 2.91 bits per heavy atom. The summed E-state index contributed by atoms with van der Waals surface area (Å²) in [5, 5.41) is 11.8. The molecule has 1 aromatic carbocycles. The van der Waals surface area contributed by atoms with E-state index in [9.17, 15) is 0 Å². The molecule has 0 aliphatic heterocycles. The lowest BCUT2D eigenvalue weighted by molar-refractivity contribution is 0.676. The van der Waals surface area contributed by atoms with Gasteiger partial charge in [0, 0.05) is 18.8 Å². The number of nitrogens with zero attached hydrogens (tertiary/aromatic N) is 4. The standard InChI is InChI=1S/C17H20N6/c1-4-9-18-17-21-15(20-13-8-6-7-12(3)10-13)14-11-19-23(5-2)16(14)22-17/h4,6-8,10-11H,1,5,9H2,2-3H3,(H2,18,20,21,22). The Labute approximate surface area is 135 Å². The molecule has 3 rings (SSSR count). The monoisotopic (exact) mass is 308 g/mol. The maximum Gasteiger partial charge on any atom is 0.226 e. The number of anilines is 3. The van der Waals surface area contributed by atoms with E-state index in [0.717, 1.165) is 29.1 Å². The van der Waals surface area contributed by atoms with Crippen molar-refractivity contribution in [3.8, 4) is 0 Å². The van der Waals surface area contributed by atoms with Crippen molar-refractivity contribution in [2.45, 2.75) is 20.4 Å². The van der Waals surface area contributed by atoms with E-state index in [2.05, 4.69) is 51.3 Å². The molecule has 118 valence electrons. The molecule has 2 N–H and O–H groups in total. The quantitative estimate of drug-likeness (QED) is 0.682. The molecule has 0 saturated heterocycles. The number of benzene rings is 1. The summed E-state index contributed by atoms with van der Waals surface area (Å²) in [5.74, 6) is 1.30. The minimum absolute atomic E-state index is 0.558. The predicted octanol–water partition coefficient (Wildman–Crippen LogP) is 3.50. The van der Waals surface area contributed by atoms with Gasteiger partial charge in [-0.3, -0.25) is 0 Å². The van der Waals surface area contributed by atoms with Crippen LogP contribution in [0.25, 0.3) is 11.0 Å².